The smallest absolute Gasteiger partial charge is 0.106 e. The largest absolute Gasteiger partial charge is 0.377 e. The quantitative estimate of drug-likeness (QED) is 0.681. The molecule has 5 heteroatoms. The summed E-state index contributed by atoms with van der Waals surface area (Å²) in [6.45, 7) is 4.20. The van der Waals surface area contributed by atoms with Gasteiger partial charge in [0.25, 0.3) is 0 Å². The van der Waals surface area contributed by atoms with Crippen LogP contribution in [-0.2, 0) is 17.9 Å². The first-order valence-electron chi connectivity index (χ1n) is 7.48. The van der Waals surface area contributed by atoms with Crippen molar-refractivity contribution in [2.75, 3.05) is 6.61 Å². The Morgan fingerprint density at radius 1 is 1.23 bits per heavy atom. The number of nitrogens with one attached hydrogen (secondary N) is 1. The monoisotopic (exact) mass is 296 g/mol. The van der Waals surface area contributed by atoms with Crippen molar-refractivity contribution >= 4 is 0 Å². The molecule has 0 aliphatic rings. The van der Waals surface area contributed by atoms with E-state index in [1.807, 2.05) is 36.0 Å². The summed E-state index contributed by atoms with van der Waals surface area (Å²) in [5, 5.41) is 4.53. The van der Waals surface area contributed by atoms with E-state index in [1.165, 1.54) is 5.56 Å². The van der Waals surface area contributed by atoms with Gasteiger partial charge in [-0.15, -0.1) is 0 Å². The standard InChI is InChI=1S/C17H20N4O/c1-14-10-17(16-11-18-13-19-16)21(20-14)8-5-9-22-12-15-6-3-2-4-7-15/h2-4,6-7,10-11,13H,5,8-9,12H2,1H3,(H,18,19). The first kappa shape index (κ1) is 14.5. The van der Waals surface area contributed by atoms with Crippen molar-refractivity contribution in [2.24, 2.45) is 0 Å². The van der Waals surface area contributed by atoms with Gasteiger partial charge < -0.3 is 9.72 Å². The topological polar surface area (TPSA) is 55.7 Å². The molecule has 0 spiro atoms. The van der Waals surface area contributed by atoms with E-state index in [-0.39, 0.29) is 0 Å². The Morgan fingerprint density at radius 2 is 2.09 bits per heavy atom. The minimum Gasteiger partial charge on any atom is -0.377 e. The second-order valence-electron chi connectivity index (χ2n) is 5.24. The van der Waals surface area contributed by atoms with Crippen LogP contribution in [0.3, 0.4) is 0 Å². The lowest BCUT2D eigenvalue weighted by Gasteiger charge is -2.07. The summed E-state index contributed by atoms with van der Waals surface area (Å²) in [5.41, 5.74) is 4.17. The fourth-order valence-electron chi connectivity index (χ4n) is 2.40. The van der Waals surface area contributed by atoms with Gasteiger partial charge in [0, 0.05) is 19.3 Å². The lowest BCUT2D eigenvalue weighted by atomic mass is 10.2. The average Bonchev–Trinajstić information content (AvgIpc) is 3.17. The summed E-state index contributed by atoms with van der Waals surface area (Å²) in [4.78, 5) is 7.28. The third kappa shape index (κ3) is 3.62. The maximum absolute atomic E-state index is 5.72. The van der Waals surface area contributed by atoms with Crippen molar-refractivity contribution in [3.05, 3.63) is 60.2 Å². The number of aromatic nitrogens is 4. The minimum atomic E-state index is 0.658. The number of hydrogen-bond donors (Lipinski definition) is 1. The van der Waals surface area contributed by atoms with Crippen molar-refractivity contribution in [1.82, 2.24) is 19.7 Å². The zero-order chi connectivity index (χ0) is 15.2. The van der Waals surface area contributed by atoms with Gasteiger partial charge in [0.2, 0.25) is 0 Å². The average molecular weight is 296 g/mol. The highest BCUT2D eigenvalue weighted by molar-refractivity contribution is 5.53. The highest BCUT2D eigenvalue weighted by atomic mass is 16.5. The van der Waals surface area contributed by atoms with E-state index in [9.17, 15) is 0 Å². The first-order chi connectivity index (χ1) is 10.8. The van der Waals surface area contributed by atoms with Gasteiger partial charge in [-0.1, -0.05) is 30.3 Å². The fourth-order valence-corrected chi connectivity index (χ4v) is 2.40. The zero-order valence-corrected chi connectivity index (χ0v) is 12.7. The molecule has 0 amide bonds. The number of imidazole rings is 1. The molecule has 1 N–H and O–H groups in total. The summed E-state index contributed by atoms with van der Waals surface area (Å²) in [5.74, 6) is 0. The van der Waals surface area contributed by atoms with Crippen LogP contribution in [-0.4, -0.2) is 26.4 Å². The Kier molecular flexibility index (Phi) is 4.65. The van der Waals surface area contributed by atoms with Crippen molar-refractivity contribution in [1.29, 1.82) is 0 Å². The number of benzene rings is 1. The van der Waals surface area contributed by atoms with Crippen molar-refractivity contribution in [3.8, 4) is 11.4 Å². The highest BCUT2D eigenvalue weighted by Crippen LogP contribution is 2.17. The number of nitrogens with zero attached hydrogens (tertiary/aromatic N) is 3. The van der Waals surface area contributed by atoms with Gasteiger partial charge in [-0.05, 0) is 25.0 Å². The molecule has 3 rings (SSSR count). The van der Waals surface area contributed by atoms with Crippen LogP contribution in [0.25, 0.3) is 11.4 Å². The van der Waals surface area contributed by atoms with Gasteiger partial charge in [-0.25, -0.2) is 4.98 Å². The van der Waals surface area contributed by atoms with Crippen molar-refractivity contribution in [3.63, 3.8) is 0 Å². The van der Waals surface area contributed by atoms with Crippen molar-refractivity contribution in [2.45, 2.75) is 26.5 Å². The molecule has 2 aromatic heterocycles. The summed E-state index contributed by atoms with van der Waals surface area (Å²) in [6, 6.07) is 12.3. The number of aryl methyl sites for hydroxylation is 2. The van der Waals surface area contributed by atoms with Gasteiger partial charge in [0.1, 0.15) is 5.69 Å². The van der Waals surface area contributed by atoms with Gasteiger partial charge in [-0.2, -0.15) is 5.10 Å². The Balaban J connectivity index is 1.50. The number of hydrogen-bond acceptors (Lipinski definition) is 3. The summed E-state index contributed by atoms with van der Waals surface area (Å²) in [7, 11) is 0. The van der Waals surface area contributed by atoms with Crippen LogP contribution in [0.4, 0.5) is 0 Å². The SMILES string of the molecule is Cc1cc(-c2c[nH]cn2)n(CCCOCc2ccccc2)n1. The third-order valence-corrected chi connectivity index (χ3v) is 3.43. The first-order valence-corrected chi connectivity index (χ1v) is 7.48. The van der Waals surface area contributed by atoms with E-state index in [4.69, 9.17) is 4.74 Å². The summed E-state index contributed by atoms with van der Waals surface area (Å²) >= 11 is 0. The van der Waals surface area contributed by atoms with E-state index in [0.29, 0.717) is 13.2 Å². The Bertz CT molecular complexity index is 689. The molecule has 1 aromatic carbocycles. The molecule has 0 fully saturated rings. The van der Waals surface area contributed by atoms with Gasteiger partial charge in [-0.3, -0.25) is 4.68 Å². The number of H-pyrrole nitrogens is 1. The molecule has 0 aliphatic carbocycles. The maximum atomic E-state index is 5.72. The molecule has 5 nitrogen and oxygen atoms in total. The van der Waals surface area contributed by atoms with Crippen LogP contribution >= 0.6 is 0 Å². The van der Waals surface area contributed by atoms with Crippen LogP contribution < -0.4 is 0 Å². The molecule has 114 valence electrons. The van der Waals surface area contributed by atoms with Crippen LogP contribution in [0, 0.1) is 6.92 Å². The Morgan fingerprint density at radius 3 is 2.86 bits per heavy atom. The number of ether oxygens (including phenoxy) is 1. The molecule has 0 saturated carbocycles. The summed E-state index contributed by atoms with van der Waals surface area (Å²) in [6.07, 6.45) is 4.50. The molecular weight excluding hydrogens is 276 g/mol. The Labute approximate surface area is 130 Å². The molecular formula is C17H20N4O. The van der Waals surface area contributed by atoms with Crippen LogP contribution in [0.2, 0.25) is 0 Å². The molecule has 0 unspecified atom stereocenters. The molecule has 0 bridgehead atoms. The van der Waals surface area contributed by atoms with Gasteiger partial charge in [0.05, 0.1) is 24.3 Å². The third-order valence-electron chi connectivity index (χ3n) is 3.43. The lowest BCUT2D eigenvalue weighted by molar-refractivity contribution is 0.115. The van der Waals surface area contributed by atoms with Crippen LogP contribution in [0.1, 0.15) is 17.7 Å². The van der Waals surface area contributed by atoms with E-state index < -0.39 is 0 Å². The number of aromatic amines is 1. The van der Waals surface area contributed by atoms with Crippen molar-refractivity contribution < 1.29 is 4.74 Å². The second kappa shape index (κ2) is 7.04. The van der Waals surface area contributed by atoms with E-state index in [1.54, 1.807) is 6.33 Å². The molecule has 2 heterocycles. The summed E-state index contributed by atoms with van der Waals surface area (Å²) < 4.78 is 7.71. The molecule has 0 aliphatic heterocycles. The van der Waals surface area contributed by atoms with Crippen LogP contribution in [0.5, 0.6) is 0 Å². The van der Waals surface area contributed by atoms with E-state index in [2.05, 4.69) is 33.3 Å². The molecule has 0 radical (unpaired) electrons. The molecule has 22 heavy (non-hydrogen) atoms. The van der Waals surface area contributed by atoms with Gasteiger partial charge in [0.15, 0.2) is 0 Å². The predicted molar refractivity (Wildman–Crippen MR) is 85.3 cm³/mol. The lowest BCUT2D eigenvalue weighted by Crippen LogP contribution is -2.06. The van der Waals surface area contributed by atoms with E-state index in [0.717, 1.165) is 30.0 Å². The highest BCUT2D eigenvalue weighted by Gasteiger charge is 2.09. The number of rotatable bonds is 7. The predicted octanol–water partition coefficient (Wildman–Crippen LogP) is 3.19. The second-order valence-corrected chi connectivity index (χ2v) is 5.24. The molecule has 0 atom stereocenters. The Hall–Kier alpha value is -2.40. The zero-order valence-electron chi connectivity index (χ0n) is 12.7. The fraction of sp³-hybridized carbons (Fsp3) is 0.294. The normalized spacial score (nSPS) is 11.0. The van der Waals surface area contributed by atoms with Crippen LogP contribution in [0.15, 0.2) is 48.9 Å². The minimum absolute atomic E-state index is 0.658. The molecule has 0 saturated heterocycles. The maximum Gasteiger partial charge on any atom is 0.106 e. The van der Waals surface area contributed by atoms with E-state index >= 15 is 0 Å². The van der Waals surface area contributed by atoms with Gasteiger partial charge >= 0.3 is 0 Å². The molecule has 3 aromatic rings.